The molecule has 0 radical (unpaired) electrons. The highest BCUT2D eigenvalue weighted by atomic mass is 35.5. The first kappa shape index (κ1) is 15.2. The summed E-state index contributed by atoms with van der Waals surface area (Å²) in [6, 6.07) is 9.74. The van der Waals surface area contributed by atoms with Crippen LogP contribution in [0.4, 0.5) is 13.2 Å². The number of rotatable bonds is 4. The van der Waals surface area contributed by atoms with E-state index >= 15 is 0 Å². The van der Waals surface area contributed by atoms with Crippen molar-refractivity contribution in [2.24, 2.45) is 0 Å². The highest BCUT2D eigenvalue weighted by Crippen LogP contribution is 2.34. The standard InChI is InChI=1S/C14H8ClF3O3/c15-12-6-5-11(7-13(12)21-14(16,17)18)20-10-3-1-9(8-19)2-4-10/h1-8H. The molecular formula is C14H8ClF3O3. The molecule has 7 heteroatoms. The Kier molecular flexibility index (Phi) is 4.37. The molecule has 2 rings (SSSR count). The van der Waals surface area contributed by atoms with Gasteiger partial charge in [-0.1, -0.05) is 11.6 Å². The summed E-state index contributed by atoms with van der Waals surface area (Å²) < 4.78 is 45.8. The van der Waals surface area contributed by atoms with Crippen molar-refractivity contribution >= 4 is 17.9 Å². The van der Waals surface area contributed by atoms with Crippen LogP contribution in [0, 0.1) is 0 Å². The predicted octanol–water partition coefficient (Wildman–Crippen LogP) is 4.84. The summed E-state index contributed by atoms with van der Waals surface area (Å²) in [5.74, 6) is -0.0652. The molecule has 0 bridgehead atoms. The van der Waals surface area contributed by atoms with Crippen LogP contribution >= 0.6 is 11.6 Å². The van der Waals surface area contributed by atoms with Crippen molar-refractivity contribution in [1.82, 2.24) is 0 Å². The Labute approximate surface area is 122 Å². The molecule has 3 nitrogen and oxygen atoms in total. The minimum Gasteiger partial charge on any atom is -0.457 e. The first-order valence-electron chi connectivity index (χ1n) is 5.66. The van der Waals surface area contributed by atoms with Crippen molar-refractivity contribution in [2.75, 3.05) is 0 Å². The van der Waals surface area contributed by atoms with Crippen LogP contribution in [0.2, 0.25) is 5.02 Å². The molecule has 21 heavy (non-hydrogen) atoms. The molecule has 0 fully saturated rings. The molecule has 0 aliphatic heterocycles. The molecule has 2 aromatic rings. The van der Waals surface area contributed by atoms with Crippen LogP contribution in [0.25, 0.3) is 0 Å². The molecule has 0 heterocycles. The normalized spacial score (nSPS) is 11.0. The van der Waals surface area contributed by atoms with E-state index in [1.165, 1.54) is 36.4 Å². The van der Waals surface area contributed by atoms with Gasteiger partial charge in [0.2, 0.25) is 0 Å². The molecule has 110 valence electrons. The van der Waals surface area contributed by atoms with E-state index in [2.05, 4.69) is 4.74 Å². The first-order chi connectivity index (χ1) is 9.87. The molecule has 0 N–H and O–H groups in total. The molecule has 0 spiro atoms. The Hall–Kier alpha value is -2.21. The van der Waals surface area contributed by atoms with Crippen LogP contribution in [-0.2, 0) is 0 Å². The molecule has 0 aliphatic carbocycles. The van der Waals surface area contributed by atoms with Gasteiger partial charge in [-0.3, -0.25) is 4.79 Å². The summed E-state index contributed by atoms with van der Waals surface area (Å²) in [6.45, 7) is 0. The highest BCUT2D eigenvalue weighted by molar-refractivity contribution is 6.32. The summed E-state index contributed by atoms with van der Waals surface area (Å²) in [6.07, 6.45) is -4.17. The minimum atomic E-state index is -4.84. The summed E-state index contributed by atoms with van der Waals surface area (Å²) in [5.41, 5.74) is 0.458. The molecule has 0 aliphatic rings. The van der Waals surface area contributed by atoms with Gasteiger partial charge in [-0.05, 0) is 36.4 Å². The maximum atomic E-state index is 12.2. The zero-order chi connectivity index (χ0) is 15.5. The summed E-state index contributed by atoms with van der Waals surface area (Å²) in [5, 5.41) is -0.184. The molecular weight excluding hydrogens is 309 g/mol. The Morgan fingerprint density at radius 2 is 1.62 bits per heavy atom. The molecule has 0 amide bonds. The lowest BCUT2D eigenvalue weighted by Gasteiger charge is -2.12. The first-order valence-corrected chi connectivity index (χ1v) is 6.03. The summed E-state index contributed by atoms with van der Waals surface area (Å²) in [4.78, 5) is 10.5. The molecule has 0 unspecified atom stereocenters. The number of aldehydes is 1. The van der Waals surface area contributed by atoms with Crippen molar-refractivity contribution in [2.45, 2.75) is 6.36 Å². The van der Waals surface area contributed by atoms with E-state index in [1.54, 1.807) is 0 Å². The maximum Gasteiger partial charge on any atom is 0.573 e. The van der Waals surface area contributed by atoms with Crippen molar-refractivity contribution in [3.8, 4) is 17.2 Å². The molecule has 0 aromatic heterocycles. The van der Waals surface area contributed by atoms with Crippen molar-refractivity contribution < 1.29 is 27.4 Å². The second-order valence-electron chi connectivity index (χ2n) is 3.93. The van der Waals surface area contributed by atoms with E-state index in [1.807, 2.05) is 0 Å². The third-order valence-corrected chi connectivity index (χ3v) is 2.69. The highest BCUT2D eigenvalue weighted by Gasteiger charge is 2.32. The number of halogens is 4. The fraction of sp³-hybridized carbons (Fsp3) is 0.0714. The number of hydrogen-bond acceptors (Lipinski definition) is 3. The van der Waals surface area contributed by atoms with Gasteiger partial charge >= 0.3 is 6.36 Å². The van der Waals surface area contributed by atoms with Gasteiger partial charge in [-0.15, -0.1) is 13.2 Å². The van der Waals surface area contributed by atoms with E-state index in [9.17, 15) is 18.0 Å². The van der Waals surface area contributed by atoms with Crippen LogP contribution in [0.3, 0.4) is 0 Å². The number of ether oxygens (including phenoxy) is 2. The van der Waals surface area contributed by atoms with Gasteiger partial charge < -0.3 is 9.47 Å². The van der Waals surface area contributed by atoms with Crippen LogP contribution in [0.1, 0.15) is 10.4 Å². The number of benzene rings is 2. The Bertz CT molecular complexity index is 639. The largest absolute Gasteiger partial charge is 0.573 e. The smallest absolute Gasteiger partial charge is 0.457 e. The Balaban J connectivity index is 2.20. The average molecular weight is 317 g/mol. The van der Waals surface area contributed by atoms with Crippen LogP contribution in [-0.4, -0.2) is 12.6 Å². The quantitative estimate of drug-likeness (QED) is 0.757. The van der Waals surface area contributed by atoms with E-state index in [0.717, 1.165) is 6.07 Å². The topological polar surface area (TPSA) is 35.5 Å². The number of carbonyl (C=O) groups excluding carboxylic acids is 1. The fourth-order valence-corrected chi connectivity index (χ4v) is 1.66. The second kappa shape index (κ2) is 6.05. The van der Waals surface area contributed by atoms with E-state index in [0.29, 0.717) is 17.6 Å². The third-order valence-electron chi connectivity index (χ3n) is 2.38. The molecule has 0 atom stereocenters. The average Bonchev–Trinajstić information content (AvgIpc) is 2.42. The molecule has 0 saturated heterocycles. The van der Waals surface area contributed by atoms with Crippen molar-refractivity contribution in [3.63, 3.8) is 0 Å². The molecule has 0 saturated carbocycles. The van der Waals surface area contributed by atoms with E-state index in [-0.39, 0.29) is 10.8 Å². The van der Waals surface area contributed by atoms with E-state index < -0.39 is 12.1 Å². The zero-order valence-corrected chi connectivity index (χ0v) is 11.1. The molecule has 2 aromatic carbocycles. The van der Waals surface area contributed by atoms with Crippen LogP contribution < -0.4 is 9.47 Å². The monoisotopic (exact) mass is 316 g/mol. The van der Waals surface area contributed by atoms with Gasteiger partial charge in [0.15, 0.2) is 5.75 Å². The van der Waals surface area contributed by atoms with Crippen LogP contribution in [0.15, 0.2) is 42.5 Å². The van der Waals surface area contributed by atoms with Crippen molar-refractivity contribution in [3.05, 3.63) is 53.1 Å². The van der Waals surface area contributed by atoms with Gasteiger partial charge in [-0.2, -0.15) is 0 Å². The van der Waals surface area contributed by atoms with Gasteiger partial charge in [0, 0.05) is 11.6 Å². The minimum absolute atomic E-state index is 0.123. The number of alkyl halides is 3. The maximum absolute atomic E-state index is 12.2. The van der Waals surface area contributed by atoms with Gasteiger partial charge in [0.1, 0.15) is 17.8 Å². The third kappa shape index (κ3) is 4.39. The lowest BCUT2D eigenvalue weighted by molar-refractivity contribution is -0.274. The second-order valence-corrected chi connectivity index (χ2v) is 4.34. The van der Waals surface area contributed by atoms with E-state index in [4.69, 9.17) is 16.3 Å². The summed E-state index contributed by atoms with van der Waals surface area (Å²) in [7, 11) is 0. The van der Waals surface area contributed by atoms with Gasteiger partial charge in [0.25, 0.3) is 0 Å². The number of hydrogen-bond donors (Lipinski definition) is 0. The predicted molar refractivity (Wildman–Crippen MR) is 70.0 cm³/mol. The summed E-state index contributed by atoms with van der Waals surface area (Å²) >= 11 is 5.63. The SMILES string of the molecule is O=Cc1ccc(Oc2ccc(Cl)c(OC(F)(F)F)c2)cc1. The Morgan fingerprint density at radius 1 is 1.00 bits per heavy atom. The lowest BCUT2D eigenvalue weighted by atomic mass is 10.2. The van der Waals surface area contributed by atoms with Crippen molar-refractivity contribution in [1.29, 1.82) is 0 Å². The lowest BCUT2D eigenvalue weighted by Crippen LogP contribution is -2.17. The van der Waals surface area contributed by atoms with Crippen LogP contribution in [0.5, 0.6) is 17.2 Å². The number of carbonyl (C=O) groups is 1. The van der Waals surface area contributed by atoms with Gasteiger partial charge in [0.05, 0.1) is 5.02 Å². The van der Waals surface area contributed by atoms with Gasteiger partial charge in [-0.25, -0.2) is 0 Å². The fourth-order valence-electron chi connectivity index (χ4n) is 1.50. The Morgan fingerprint density at radius 3 is 2.19 bits per heavy atom. The zero-order valence-electron chi connectivity index (χ0n) is 10.4.